The van der Waals surface area contributed by atoms with Crippen molar-refractivity contribution < 1.29 is 17.9 Å². The minimum absolute atomic E-state index is 0.118. The molecule has 0 radical (unpaired) electrons. The molecular formula is C26H32N4O4S. The van der Waals surface area contributed by atoms with Crippen LogP contribution in [0.25, 0.3) is 0 Å². The molecule has 1 atom stereocenters. The van der Waals surface area contributed by atoms with Crippen LogP contribution < -0.4 is 10.1 Å². The van der Waals surface area contributed by atoms with Crippen LogP contribution in [0.2, 0.25) is 0 Å². The molecule has 1 aromatic heterocycles. The van der Waals surface area contributed by atoms with E-state index in [1.807, 2.05) is 62.0 Å². The minimum atomic E-state index is -3.59. The summed E-state index contributed by atoms with van der Waals surface area (Å²) in [6.45, 7) is 4.47. The number of nitrogens with zero attached hydrogens (tertiary/aromatic N) is 3. The SMILES string of the molecule is COc1ccccc1C(NC(=O)C1CCN(S(=O)(=O)c2ccc(C)c(C)c2)CC1)c1nccn1C. The second kappa shape index (κ2) is 10.2. The second-order valence-corrected chi connectivity index (χ2v) is 10.9. The Morgan fingerprint density at radius 1 is 1.11 bits per heavy atom. The maximum absolute atomic E-state index is 13.3. The van der Waals surface area contributed by atoms with E-state index < -0.39 is 16.1 Å². The molecule has 0 spiro atoms. The Morgan fingerprint density at radius 3 is 2.46 bits per heavy atom. The minimum Gasteiger partial charge on any atom is -0.496 e. The van der Waals surface area contributed by atoms with E-state index in [9.17, 15) is 13.2 Å². The lowest BCUT2D eigenvalue weighted by Crippen LogP contribution is -2.44. The van der Waals surface area contributed by atoms with Gasteiger partial charge in [-0.2, -0.15) is 4.31 Å². The molecule has 1 amide bonds. The lowest BCUT2D eigenvalue weighted by Gasteiger charge is -2.31. The fourth-order valence-electron chi connectivity index (χ4n) is 4.48. The zero-order chi connectivity index (χ0) is 25.2. The summed E-state index contributed by atoms with van der Waals surface area (Å²) < 4.78 is 35.2. The Balaban J connectivity index is 1.49. The third-order valence-corrected chi connectivity index (χ3v) is 8.69. The van der Waals surface area contributed by atoms with Crippen LogP contribution >= 0.6 is 0 Å². The van der Waals surface area contributed by atoms with E-state index in [0.717, 1.165) is 16.7 Å². The van der Waals surface area contributed by atoms with Crippen LogP contribution in [0.3, 0.4) is 0 Å². The van der Waals surface area contributed by atoms with Gasteiger partial charge in [-0.1, -0.05) is 24.3 Å². The maximum atomic E-state index is 13.3. The third-order valence-electron chi connectivity index (χ3n) is 6.79. The summed E-state index contributed by atoms with van der Waals surface area (Å²) in [5.41, 5.74) is 2.81. The number of piperidine rings is 1. The standard InChI is InChI=1S/C26H32N4O4S/c1-18-9-10-21(17-19(18)2)35(32,33)30-14-11-20(12-15-30)26(31)28-24(25-27-13-16-29(25)3)22-7-5-6-8-23(22)34-4/h5-10,13,16-17,20,24H,11-12,14-15H2,1-4H3,(H,28,31). The Labute approximate surface area is 207 Å². The predicted octanol–water partition coefficient (Wildman–Crippen LogP) is 3.35. The van der Waals surface area contributed by atoms with E-state index in [2.05, 4.69) is 10.3 Å². The number of hydrogen-bond donors (Lipinski definition) is 1. The van der Waals surface area contributed by atoms with Gasteiger partial charge in [0.25, 0.3) is 0 Å². The van der Waals surface area contributed by atoms with E-state index in [1.54, 1.807) is 25.4 Å². The van der Waals surface area contributed by atoms with Gasteiger partial charge in [-0.15, -0.1) is 0 Å². The molecule has 0 bridgehead atoms. The number of sulfonamides is 1. The zero-order valence-corrected chi connectivity index (χ0v) is 21.4. The fraction of sp³-hybridized carbons (Fsp3) is 0.385. The lowest BCUT2D eigenvalue weighted by atomic mass is 9.96. The monoisotopic (exact) mass is 496 g/mol. The lowest BCUT2D eigenvalue weighted by molar-refractivity contribution is -0.126. The van der Waals surface area contributed by atoms with Crippen LogP contribution in [0.4, 0.5) is 0 Å². The average Bonchev–Trinajstić information content (AvgIpc) is 3.29. The summed E-state index contributed by atoms with van der Waals surface area (Å²) in [6.07, 6.45) is 4.43. The topological polar surface area (TPSA) is 93.5 Å². The van der Waals surface area contributed by atoms with Crippen molar-refractivity contribution in [3.8, 4) is 5.75 Å². The van der Waals surface area contributed by atoms with Gasteiger partial charge in [-0.25, -0.2) is 13.4 Å². The molecule has 2 heterocycles. The summed E-state index contributed by atoms with van der Waals surface area (Å²) in [4.78, 5) is 18.1. The first-order chi connectivity index (χ1) is 16.7. The molecular weight excluding hydrogens is 464 g/mol. The van der Waals surface area contributed by atoms with Crippen LogP contribution in [-0.4, -0.2) is 48.4 Å². The van der Waals surface area contributed by atoms with Crippen LogP contribution in [0.1, 0.15) is 41.4 Å². The van der Waals surface area contributed by atoms with Gasteiger partial charge in [-0.05, 0) is 56.0 Å². The van der Waals surface area contributed by atoms with Crippen molar-refractivity contribution >= 4 is 15.9 Å². The first kappa shape index (κ1) is 24.9. The molecule has 1 unspecified atom stereocenters. The molecule has 186 valence electrons. The molecule has 0 saturated carbocycles. The molecule has 1 aliphatic heterocycles. The van der Waals surface area contributed by atoms with E-state index in [-0.39, 0.29) is 11.8 Å². The summed E-state index contributed by atoms with van der Waals surface area (Å²) in [7, 11) is -0.114. The highest BCUT2D eigenvalue weighted by Gasteiger charge is 2.34. The van der Waals surface area contributed by atoms with E-state index in [4.69, 9.17) is 4.74 Å². The number of amides is 1. The summed E-state index contributed by atoms with van der Waals surface area (Å²) in [5, 5.41) is 3.15. The number of benzene rings is 2. The van der Waals surface area contributed by atoms with E-state index in [1.165, 1.54) is 4.31 Å². The summed E-state index contributed by atoms with van der Waals surface area (Å²) >= 11 is 0. The zero-order valence-electron chi connectivity index (χ0n) is 20.6. The number of imidazole rings is 1. The van der Waals surface area contributed by atoms with Gasteiger partial charge in [-0.3, -0.25) is 4.79 Å². The molecule has 0 aliphatic carbocycles. The highest BCUT2D eigenvalue weighted by molar-refractivity contribution is 7.89. The highest BCUT2D eigenvalue weighted by atomic mass is 32.2. The number of hydrogen-bond acceptors (Lipinski definition) is 5. The number of methoxy groups -OCH3 is 1. The number of aryl methyl sites for hydroxylation is 3. The number of para-hydroxylation sites is 1. The van der Waals surface area contributed by atoms with Crippen molar-refractivity contribution in [3.05, 3.63) is 77.4 Å². The molecule has 2 aromatic carbocycles. The molecule has 4 rings (SSSR count). The molecule has 1 saturated heterocycles. The van der Waals surface area contributed by atoms with Crippen molar-refractivity contribution in [1.29, 1.82) is 0 Å². The van der Waals surface area contributed by atoms with Gasteiger partial charge in [0.1, 0.15) is 17.6 Å². The molecule has 9 heteroatoms. The molecule has 1 fully saturated rings. The third kappa shape index (κ3) is 5.11. The van der Waals surface area contributed by atoms with Crippen molar-refractivity contribution in [1.82, 2.24) is 19.2 Å². The maximum Gasteiger partial charge on any atom is 0.243 e. The first-order valence-electron chi connectivity index (χ1n) is 11.7. The largest absolute Gasteiger partial charge is 0.496 e. The number of nitrogens with one attached hydrogen (secondary N) is 1. The van der Waals surface area contributed by atoms with Gasteiger partial charge in [0.05, 0.1) is 12.0 Å². The summed E-state index contributed by atoms with van der Waals surface area (Å²) in [5.74, 6) is 0.943. The van der Waals surface area contributed by atoms with Crippen molar-refractivity contribution in [2.24, 2.45) is 13.0 Å². The van der Waals surface area contributed by atoms with E-state index >= 15 is 0 Å². The number of aromatic nitrogens is 2. The fourth-order valence-corrected chi connectivity index (χ4v) is 6.04. The van der Waals surface area contributed by atoms with Gasteiger partial charge >= 0.3 is 0 Å². The number of carbonyl (C=O) groups excluding carboxylic acids is 1. The number of carbonyl (C=O) groups is 1. The number of rotatable bonds is 7. The normalized spacial score (nSPS) is 16.1. The van der Waals surface area contributed by atoms with Crippen LogP contribution in [0.5, 0.6) is 5.75 Å². The van der Waals surface area contributed by atoms with Crippen molar-refractivity contribution in [2.45, 2.75) is 37.6 Å². The van der Waals surface area contributed by atoms with Gasteiger partial charge in [0.15, 0.2) is 0 Å². The molecule has 1 N–H and O–H groups in total. The Bertz CT molecular complexity index is 1310. The van der Waals surface area contributed by atoms with Crippen LogP contribution in [0.15, 0.2) is 59.8 Å². The predicted molar refractivity (Wildman–Crippen MR) is 134 cm³/mol. The van der Waals surface area contributed by atoms with Gasteiger partial charge < -0.3 is 14.6 Å². The van der Waals surface area contributed by atoms with Crippen LogP contribution in [0, 0.1) is 19.8 Å². The van der Waals surface area contributed by atoms with Crippen molar-refractivity contribution in [2.75, 3.05) is 20.2 Å². The quantitative estimate of drug-likeness (QED) is 0.542. The second-order valence-electron chi connectivity index (χ2n) is 9.00. The average molecular weight is 497 g/mol. The smallest absolute Gasteiger partial charge is 0.243 e. The van der Waals surface area contributed by atoms with Crippen LogP contribution in [-0.2, 0) is 21.9 Å². The summed E-state index contributed by atoms with van der Waals surface area (Å²) in [6, 6.07) is 12.3. The molecule has 8 nitrogen and oxygen atoms in total. The van der Waals surface area contributed by atoms with Gasteiger partial charge in [0, 0.05) is 44.0 Å². The molecule has 35 heavy (non-hydrogen) atoms. The Kier molecular flexibility index (Phi) is 7.28. The molecule has 3 aromatic rings. The Morgan fingerprint density at radius 2 is 1.83 bits per heavy atom. The highest BCUT2D eigenvalue weighted by Crippen LogP contribution is 2.31. The molecule has 1 aliphatic rings. The number of ether oxygens (including phenoxy) is 1. The Hall–Kier alpha value is -3.17. The van der Waals surface area contributed by atoms with E-state index in [0.29, 0.717) is 42.4 Å². The van der Waals surface area contributed by atoms with Gasteiger partial charge in [0.2, 0.25) is 15.9 Å². The first-order valence-corrected chi connectivity index (χ1v) is 13.1. The van der Waals surface area contributed by atoms with Crippen molar-refractivity contribution in [3.63, 3.8) is 0 Å².